The Kier molecular flexibility index (Phi) is 11.6. The highest BCUT2D eigenvalue weighted by atomic mass is 16.5. The zero-order chi connectivity index (χ0) is 37.8. The number of hydrogen-bond donors (Lipinski definition) is 5. The molecule has 3 fully saturated rings. The van der Waals surface area contributed by atoms with Gasteiger partial charge in [0.15, 0.2) is 0 Å². The number of nitrogens with one attached hydrogen (secondary N) is 4. The van der Waals surface area contributed by atoms with E-state index in [0.29, 0.717) is 24.8 Å². The van der Waals surface area contributed by atoms with E-state index in [1.165, 1.54) is 7.11 Å². The second kappa shape index (κ2) is 16.3. The molecule has 6 rings (SSSR count). The fourth-order valence-corrected chi connectivity index (χ4v) is 8.01. The standard InChI is InChI=1S/C38H53N9O6/c1-22(2)31(43-37(50)51)35(48)46-16-6-8-29(46)33-39-20-27(41-33)24-10-12-26(13-11-24)45-18-14-25(15-19-45)28-21-40-34(42-28)30-9-7-17-47(30)36(49)32(23(3)4)44-38(52)53-5/h10-13,20-23,25,29-32,43H,6-9,14-19H2,1-5H3,(H,39,41)(H,40,42)(H,44,52)(H,50,51). The highest BCUT2D eigenvalue weighted by Crippen LogP contribution is 2.36. The summed E-state index contributed by atoms with van der Waals surface area (Å²) in [7, 11) is 1.30. The Hall–Kier alpha value is -5.08. The summed E-state index contributed by atoms with van der Waals surface area (Å²) in [5.74, 6) is 1.25. The van der Waals surface area contributed by atoms with Gasteiger partial charge >= 0.3 is 12.2 Å². The molecule has 4 unspecified atom stereocenters. The van der Waals surface area contributed by atoms with Crippen LogP contribution < -0.4 is 15.5 Å². The third-order valence-electron chi connectivity index (χ3n) is 11.0. The van der Waals surface area contributed by atoms with Gasteiger partial charge in [0.05, 0.1) is 31.1 Å². The van der Waals surface area contributed by atoms with E-state index in [2.05, 4.69) is 54.8 Å². The Morgan fingerprint density at radius 1 is 0.774 bits per heavy atom. The van der Waals surface area contributed by atoms with Crippen molar-refractivity contribution in [2.75, 3.05) is 38.2 Å². The van der Waals surface area contributed by atoms with Crippen molar-refractivity contribution in [2.45, 2.75) is 96.3 Å². The Balaban J connectivity index is 1.04. The Labute approximate surface area is 310 Å². The second-order valence-corrected chi connectivity index (χ2v) is 15.1. The van der Waals surface area contributed by atoms with Gasteiger partial charge in [-0.25, -0.2) is 19.6 Å². The predicted molar refractivity (Wildman–Crippen MR) is 198 cm³/mol. The summed E-state index contributed by atoms with van der Waals surface area (Å²) in [4.78, 5) is 72.5. The zero-order valence-corrected chi connectivity index (χ0v) is 31.3. The average molecular weight is 732 g/mol. The number of likely N-dealkylation sites (tertiary alicyclic amines) is 2. The van der Waals surface area contributed by atoms with Crippen molar-refractivity contribution >= 4 is 29.7 Å². The number of anilines is 1. The van der Waals surface area contributed by atoms with Gasteiger partial charge in [0.1, 0.15) is 23.7 Å². The first kappa shape index (κ1) is 37.7. The van der Waals surface area contributed by atoms with Crippen LogP contribution in [0.3, 0.4) is 0 Å². The van der Waals surface area contributed by atoms with Gasteiger partial charge in [-0.1, -0.05) is 39.8 Å². The summed E-state index contributed by atoms with van der Waals surface area (Å²) < 4.78 is 4.76. The summed E-state index contributed by atoms with van der Waals surface area (Å²) in [6.45, 7) is 10.5. The van der Waals surface area contributed by atoms with E-state index in [9.17, 15) is 24.3 Å². The lowest BCUT2D eigenvalue weighted by molar-refractivity contribution is -0.136. The Bertz CT molecular complexity index is 1750. The van der Waals surface area contributed by atoms with Gasteiger partial charge in [0.25, 0.3) is 0 Å². The second-order valence-electron chi connectivity index (χ2n) is 15.1. The van der Waals surface area contributed by atoms with Crippen molar-refractivity contribution in [3.63, 3.8) is 0 Å². The Morgan fingerprint density at radius 2 is 1.32 bits per heavy atom. The maximum absolute atomic E-state index is 13.5. The normalized spacial score (nSPS) is 20.5. The molecule has 4 atom stereocenters. The number of aromatic nitrogens is 4. The summed E-state index contributed by atoms with van der Waals surface area (Å²) in [6, 6.07) is 6.58. The van der Waals surface area contributed by atoms with Gasteiger partial charge in [-0.2, -0.15) is 0 Å². The third-order valence-corrected chi connectivity index (χ3v) is 11.0. The van der Waals surface area contributed by atoms with Crippen LogP contribution in [0.2, 0.25) is 0 Å². The number of methoxy groups -OCH3 is 1. The van der Waals surface area contributed by atoms with Gasteiger partial charge in [0, 0.05) is 49.7 Å². The smallest absolute Gasteiger partial charge is 0.407 e. The number of carbonyl (C=O) groups excluding carboxylic acids is 3. The molecule has 0 saturated carbocycles. The number of imidazole rings is 2. The van der Waals surface area contributed by atoms with Crippen LogP contribution in [0.25, 0.3) is 11.3 Å². The lowest BCUT2D eigenvalue weighted by Crippen LogP contribution is -2.51. The number of benzene rings is 1. The first-order chi connectivity index (χ1) is 25.4. The molecule has 3 aliphatic heterocycles. The number of carbonyl (C=O) groups is 4. The molecular formula is C38H53N9O6. The molecule has 3 aliphatic rings. The molecule has 53 heavy (non-hydrogen) atoms. The fraction of sp³-hybridized carbons (Fsp3) is 0.579. The maximum atomic E-state index is 13.5. The minimum absolute atomic E-state index is 0.0868. The van der Waals surface area contributed by atoms with Crippen LogP contribution >= 0.6 is 0 Å². The van der Waals surface area contributed by atoms with Crippen molar-refractivity contribution in [1.82, 2.24) is 40.4 Å². The largest absolute Gasteiger partial charge is 0.465 e. The highest BCUT2D eigenvalue weighted by molar-refractivity contribution is 5.87. The molecule has 3 saturated heterocycles. The van der Waals surface area contributed by atoms with E-state index in [0.717, 1.165) is 80.1 Å². The number of ether oxygens (including phenoxy) is 1. The molecule has 5 heterocycles. The van der Waals surface area contributed by atoms with Crippen LogP contribution in [0.5, 0.6) is 0 Å². The first-order valence-corrected chi connectivity index (χ1v) is 18.8. The lowest BCUT2D eigenvalue weighted by Gasteiger charge is -2.33. The minimum Gasteiger partial charge on any atom is -0.465 e. The third kappa shape index (κ3) is 8.28. The summed E-state index contributed by atoms with van der Waals surface area (Å²) in [6.07, 6.45) is 7.13. The number of aromatic amines is 2. The van der Waals surface area contributed by atoms with Crippen molar-refractivity contribution in [3.05, 3.63) is 54.0 Å². The maximum Gasteiger partial charge on any atom is 0.407 e. The molecule has 4 amide bonds. The number of nitrogens with zero attached hydrogens (tertiary/aromatic N) is 5. The Morgan fingerprint density at radius 3 is 1.87 bits per heavy atom. The van der Waals surface area contributed by atoms with Crippen LogP contribution in [0.4, 0.5) is 15.3 Å². The van der Waals surface area contributed by atoms with Gasteiger partial charge in [-0.3, -0.25) is 9.59 Å². The van der Waals surface area contributed by atoms with Crippen LogP contribution in [-0.2, 0) is 14.3 Å². The van der Waals surface area contributed by atoms with E-state index in [-0.39, 0.29) is 35.7 Å². The summed E-state index contributed by atoms with van der Waals surface area (Å²) in [5.41, 5.74) is 4.11. The number of rotatable bonds is 11. The van der Waals surface area contributed by atoms with E-state index >= 15 is 0 Å². The van der Waals surface area contributed by atoms with Crippen molar-refractivity contribution < 1.29 is 29.0 Å². The van der Waals surface area contributed by atoms with E-state index in [4.69, 9.17) is 9.72 Å². The number of H-pyrrole nitrogens is 2. The number of hydrogen-bond acceptors (Lipinski definition) is 8. The van der Waals surface area contributed by atoms with Gasteiger partial charge < -0.3 is 45.1 Å². The predicted octanol–water partition coefficient (Wildman–Crippen LogP) is 5.18. The molecular weight excluding hydrogens is 678 g/mol. The molecule has 1 aromatic carbocycles. The zero-order valence-electron chi connectivity index (χ0n) is 31.3. The molecule has 2 aromatic heterocycles. The molecule has 0 spiro atoms. The highest BCUT2D eigenvalue weighted by Gasteiger charge is 2.39. The summed E-state index contributed by atoms with van der Waals surface area (Å²) in [5, 5.41) is 14.4. The number of piperidine rings is 1. The lowest BCUT2D eigenvalue weighted by atomic mass is 9.93. The molecule has 286 valence electrons. The molecule has 15 nitrogen and oxygen atoms in total. The SMILES string of the molecule is COC(=O)NC(C(=O)N1CCCC1c1ncc(C2CCN(c3ccc(-c4cnc(C5CCCN5C(=O)C(NC(=O)O)C(C)C)[nH]4)cc3)CC2)[nH]1)C(C)C. The molecule has 5 N–H and O–H groups in total. The quantitative estimate of drug-likeness (QED) is 0.177. The molecule has 0 radical (unpaired) electrons. The van der Waals surface area contributed by atoms with Crippen LogP contribution in [-0.4, -0.2) is 104 Å². The molecule has 15 heteroatoms. The molecule has 0 aliphatic carbocycles. The van der Waals surface area contributed by atoms with Crippen molar-refractivity contribution in [2.24, 2.45) is 11.8 Å². The fourth-order valence-electron chi connectivity index (χ4n) is 8.01. The van der Waals surface area contributed by atoms with Crippen molar-refractivity contribution in [1.29, 1.82) is 0 Å². The van der Waals surface area contributed by atoms with Crippen LogP contribution in [0.15, 0.2) is 36.7 Å². The first-order valence-electron chi connectivity index (χ1n) is 18.8. The number of carboxylic acid groups (broad SMARTS) is 1. The summed E-state index contributed by atoms with van der Waals surface area (Å²) >= 11 is 0. The monoisotopic (exact) mass is 731 g/mol. The van der Waals surface area contributed by atoms with Gasteiger partial charge in [-0.05, 0) is 68.1 Å². The number of amides is 4. The molecule has 0 bridgehead atoms. The van der Waals surface area contributed by atoms with E-state index in [1.807, 2.05) is 38.8 Å². The van der Waals surface area contributed by atoms with E-state index in [1.54, 1.807) is 11.1 Å². The minimum atomic E-state index is -1.21. The van der Waals surface area contributed by atoms with Gasteiger partial charge in [0.2, 0.25) is 11.8 Å². The van der Waals surface area contributed by atoms with Crippen LogP contribution in [0, 0.1) is 11.8 Å². The van der Waals surface area contributed by atoms with Crippen LogP contribution in [0.1, 0.15) is 102 Å². The molecule has 3 aromatic rings. The van der Waals surface area contributed by atoms with E-state index < -0.39 is 24.3 Å². The average Bonchev–Trinajstić information content (AvgIpc) is 3.98. The number of alkyl carbamates (subject to hydrolysis) is 1. The van der Waals surface area contributed by atoms with Crippen molar-refractivity contribution in [3.8, 4) is 11.3 Å². The topological polar surface area (TPSA) is 189 Å². The van der Waals surface area contributed by atoms with Gasteiger partial charge in [-0.15, -0.1) is 0 Å².